The maximum atomic E-state index is 14.8. The molecular weight excluding hydrogens is 634 g/mol. The van der Waals surface area contributed by atoms with Crippen molar-refractivity contribution in [3.63, 3.8) is 0 Å². The third-order valence-corrected chi connectivity index (χ3v) is 9.32. The van der Waals surface area contributed by atoms with E-state index in [4.69, 9.17) is 9.47 Å². The minimum absolute atomic E-state index is 0.0578. The van der Waals surface area contributed by atoms with Crippen LogP contribution in [0.15, 0.2) is 36.4 Å². The Morgan fingerprint density at radius 3 is 2.46 bits per heavy atom. The van der Waals surface area contributed by atoms with E-state index < -0.39 is 57.0 Å². The van der Waals surface area contributed by atoms with Gasteiger partial charge in [-0.25, -0.2) is 23.3 Å². The lowest BCUT2D eigenvalue weighted by atomic mass is 9.89. The number of rotatable bonds is 8. The van der Waals surface area contributed by atoms with Crippen molar-refractivity contribution in [1.29, 1.82) is 0 Å². The number of anilines is 1. The van der Waals surface area contributed by atoms with Crippen LogP contribution in [0, 0.1) is 5.82 Å². The van der Waals surface area contributed by atoms with Gasteiger partial charge in [-0.15, -0.1) is 0 Å². The van der Waals surface area contributed by atoms with Crippen LogP contribution < -0.4 is 24.8 Å². The SMILES string of the molecule is COc1nc(C(=O)NCC(O)(c2cc3c(c(-c4ccc(F)cc4)n2)OC[C@@]3(C)NS(=O)C(C)(C)C)C(F)(F)F)cc2c1NC(=O)C2. The molecule has 0 fully saturated rings. The molecule has 4 N–H and O–H groups in total. The van der Waals surface area contributed by atoms with E-state index in [1.807, 2.05) is 0 Å². The largest absolute Gasteiger partial charge is 0.489 e. The summed E-state index contributed by atoms with van der Waals surface area (Å²) < 4.78 is 84.5. The number of halogens is 4. The fourth-order valence-electron chi connectivity index (χ4n) is 4.94. The first-order valence-electron chi connectivity index (χ1n) is 14.0. The van der Waals surface area contributed by atoms with Crippen LogP contribution in [0.1, 0.15) is 55.0 Å². The zero-order valence-electron chi connectivity index (χ0n) is 25.4. The Morgan fingerprint density at radius 1 is 1.17 bits per heavy atom. The summed E-state index contributed by atoms with van der Waals surface area (Å²) in [6.45, 7) is 5.19. The van der Waals surface area contributed by atoms with Crippen molar-refractivity contribution in [2.75, 3.05) is 25.6 Å². The molecular formula is C30H31F4N5O6S. The molecule has 46 heavy (non-hydrogen) atoms. The van der Waals surface area contributed by atoms with E-state index >= 15 is 0 Å². The number of carbonyl (C=O) groups excluding carboxylic acids is 2. The summed E-state index contributed by atoms with van der Waals surface area (Å²) in [7, 11) is -0.445. The van der Waals surface area contributed by atoms with Crippen LogP contribution in [-0.4, -0.2) is 62.3 Å². The predicted octanol–water partition coefficient (Wildman–Crippen LogP) is 3.63. The maximum absolute atomic E-state index is 14.8. The number of nitrogens with one attached hydrogen (secondary N) is 3. The van der Waals surface area contributed by atoms with Crippen LogP contribution in [0.3, 0.4) is 0 Å². The van der Waals surface area contributed by atoms with E-state index in [2.05, 4.69) is 25.3 Å². The normalized spacial score (nSPS) is 19.4. The lowest BCUT2D eigenvalue weighted by Crippen LogP contribution is -2.52. The van der Waals surface area contributed by atoms with Crippen LogP contribution >= 0.6 is 0 Å². The van der Waals surface area contributed by atoms with Gasteiger partial charge in [0.05, 0.1) is 47.0 Å². The van der Waals surface area contributed by atoms with Crippen LogP contribution in [0.5, 0.6) is 11.6 Å². The Kier molecular flexibility index (Phi) is 8.36. The van der Waals surface area contributed by atoms with Crippen LogP contribution in [0.4, 0.5) is 23.2 Å². The van der Waals surface area contributed by atoms with Gasteiger partial charge in [-0.3, -0.25) is 9.59 Å². The molecule has 3 aromatic rings. The molecule has 0 spiro atoms. The topological polar surface area (TPSA) is 152 Å². The number of hydrogen-bond donors (Lipinski definition) is 4. The standard InChI is InChI=1S/C30H31F4N5O6S/c1-27(2,3)46(43)39-28(4)14-45-24-18(28)12-20(37-22(24)15-6-8-17(31)9-7-15)29(42,30(32,33)34)13-35-25(41)19-10-16-11-21(40)38-23(16)26(36-19)44-5/h6-10,12,39,42H,11,13-14H2,1-5H3,(H,35,41)(H,38,40)/t28-,29?,46?/m1/s1. The first-order chi connectivity index (χ1) is 21.4. The number of ether oxygens (including phenoxy) is 2. The molecule has 3 atom stereocenters. The van der Waals surface area contributed by atoms with Crippen molar-refractivity contribution >= 4 is 28.5 Å². The van der Waals surface area contributed by atoms with Crippen LogP contribution in [0.25, 0.3) is 11.3 Å². The monoisotopic (exact) mass is 665 g/mol. The number of alkyl halides is 3. The molecule has 11 nitrogen and oxygen atoms in total. The molecule has 2 amide bonds. The summed E-state index contributed by atoms with van der Waals surface area (Å²) in [5, 5.41) is 16.0. The molecule has 0 aliphatic carbocycles. The number of methoxy groups -OCH3 is 1. The average Bonchev–Trinajstić information content (AvgIpc) is 3.52. The van der Waals surface area contributed by atoms with Gasteiger partial charge in [0.25, 0.3) is 5.91 Å². The van der Waals surface area contributed by atoms with Crippen molar-refractivity contribution in [2.45, 2.75) is 56.2 Å². The molecule has 4 heterocycles. The third-order valence-electron chi connectivity index (χ3n) is 7.57. The average molecular weight is 666 g/mol. The van der Waals surface area contributed by atoms with E-state index in [1.165, 1.54) is 25.3 Å². The molecule has 0 saturated carbocycles. The second-order valence-corrected chi connectivity index (χ2v) is 14.1. The highest BCUT2D eigenvalue weighted by molar-refractivity contribution is 7.84. The number of pyridine rings is 2. The smallest absolute Gasteiger partial charge is 0.424 e. The van der Waals surface area contributed by atoms with Gasteiger partial charge >= 0.3 is 6.18 Å². The van der Waals surface area contributed by atoms with Gasteiger partial charge in [-0.05, 0) is 69.7 Å². The van der Waals surface area contributed by atoms with Gasteiger partial charge in [0.2, 0.25) is 17.4 Å². The minimum Gasteiger partial charge on any atom is -0.489 e. The van der Waals surface area contributed by atoms with Gasteiger partial charge in [0.1, 0.15) is 29.5 Å². The highest BCUT2D eigenvalue weighted by Crippen LogP contribution is 2.47. The van der Waals surface area contributed by atoms with Crippen molar-refractivity contribution in [2.24, 2.45) is 0 Å². The molecule has 1 aromatic carbocycles. The lowest BCUT2D eigenvalue weighted by Gasteiger charge is -2.32. The summed E-state index contributed by atoms with van der Waals surface area (Å²) in [6, 6.07) is 7.00. The van der Waals surface area contributed by atoms with E-state index in [1.54, 1.807) is 27.7 Å². The van der Waals surface area contributed by atoms with Crippen molar-refractivity contribution in [3.8, 4) is 22.9 Å². The van der Waals surface area contributed by atoms with Gasteiger partial charge in [-0.1, -0.05) is 0 Å². The zero-order chi connectivity index (χ0) is 33.8. The Bertz CT molecular complexity index is 1750. The molecule has 5 rings (SSSR count). The summed E-state index contributed by atoms with van der Waals surface area (Å²) in [6.07, 6.45) is -5.47. The lowest BCUT2D eigenvalue weighted by molar-refractivity contribution is -0.265. The van der Waals surface area contributed by atoms with Crippen molar-refractivity contribution < 1.29 is 45.9 Å². The highest BCUT2D eigenvalue weighted by Gasteiger charge is 2.57. The summed E-state index contributed by atoms with van der Waals surface area (Å²) >= 11 is 0. The number of benzene rings is 1. The number of aromatic nitrogens is 2. The zero-order valence-corrected chi connectivity index (χ0v) is 26.2. The predicted molar refractivity (Wildman–Crippen MR) is 159 cm³/mol. The fraction of sp³-hybridized carbons (Fsp3) is 0.400. The molecule has 16 heteroatoms. The van der Waals surface area contributed by atoms with E-state index in [9.17, 15) is 36.5 Å². The molecule has 2 aliphatic heterocycles. The first kappa shape index (κ1) is 33.2. The molecule has 2 unspecified atom stereocenters. The first-order valence-corrected chi connectivity index (χ1v) is 15.1. The maximum Gasteiger partial charge on any atom is 0.424 e. The van der Waals surface area contributed by atoms with Gasteiger partial charge in [0.15, 0.2) is 5.75 Å². The van der Waals surface area contributed by atoms with Crippen molar-refractivity contribution in [3.05, 3.63) is 64.7 Å². The molecule has 0 saturated heterocycles. The molecule has 0 bridgehead atoms. The van der Waals surface area contributed by atoms with E-state index in [0.717, 1.165) is 18.2 Å². The van der Waals surface area contributed by atoms with E-state index in [-0.39, 0.29) is 58.8 Å². The molecule has 0 radical (unpaired) electrons. The second-order valence-electron chi connectivity index (χ2n) is 12.2. The Morgan fingerprint density at radius 2 is 1.85 bits per heavy atom. The van der Waals surface area contributed by atoms with Crippen LogP contribution in [-0.2, 0) is 33.3 Å². The Balaban J connectivity index is 1.58. The fourth-order valence-corrected chi connectivity index (χ4v) is 5.83. The van der Waals surface area contributed by atoms with Crippen LogP contribution in [0.2, 0.25) is 0 Å². The quantitative estimate of drug-likeness (QED) is 0.267. The van der Waals surface area contributed by atoms with Gasteiger partial charge in [-0.2, -0.15) is 13.2 Å². The van der Waals surface area contributed by atoms with E-state index in [0.29, 0.717) is 5.56 Å². The summed E-state index contributed by atoms with van der Waals surface area (Å²) in [5.74, 6) is -2.12. The number of carbonyl (C=O) groups is 2. The molecule has 2 aromatic heterocycles. The summed E-state index contributed by atoms with van der Waals surface area (Å²) in [4.78, 5) is 33.1. The summed E-state index contributed by atoms with van der Waals surface area (Å²) in [5.41, 5.74) is -5.51. The Labute approximate surface area is 263 Å². The Hall–Kier alpha value is -4.15. The number of hydrogen-bond acceptors (Lipinski definition) is 8. The number of nitrogens with zero attached hydrogens (tertiary/aromatic N) is 2. The number of aliphatic hydroxyl groups is 1. The molecule has 2 aliphatic rings. The molecule has 246 valence electrons. The van der Waals surface area contributed by atoms with Gasteiger partial charge < -0.3 is 25.2 Å². The second kappa shape index (κ2) is 11.6. The highest BCUT2D eigenvalue weighted by atomic mass is 32.2. The third kappa shape index (κ3) is 6.03. The minimum atomic E-state index is -5.38. The van der Waals surface area contributed by atoms with Gasteiger partial charge in [0, 0.05) is 11.1 Å². The van der Waals surface area contributed by atoms with Crippen molar-refractivity contribution in [1.82, 2.24) is 20.0 Å². The number of fused-ring (bicyclic) bond motifs is 2. The number of amides is 2.